The molecule has 0 heterocycles. The van der Waals surface area contributed by atoms with E-state index in [1.807, 2.05) is 5.43 Å². The molecule has 0 fully saturated rings. The van der Waals surface area contributed by atoms with Crippen LogP contribution in [-0.4, -0.2) is 29.7 Å². The Kier molecular flexibility index (Phi) is 5.81. The number of urea groups is 1. The van der Waals surface area contributed by atoms with E-state index in [9.17, 15) is 19.7 Å². The maximum Gasteiger partial charge on any atom is 0.332 e. The molecule has 0 bridgehead atoms. The van der Waals surface area contributed by atoms with E-state index in [-0.39, 0.29) is 23.5 Å². The Morgan fingerprint density at radius 1 is 1.45 bits per heavy atom. The number of rotatable bonds is 6. The number of hydrogen-bond acceptors (Lipinski definition) is 6. The molecule has 1 aromatic carbocycles. The van der Waals surface area contributed by atoms with Crippen LogP contribution in [0.25, 0.3) is 0 Å². The van der Waals surface area contributed by atoms with Crippen molar-refractivity contribution in [3.63, 3.8) is 0 Å². The lowest BCUT2D eigenvalue weighted by molar-refractivity contribution is -0.384. The molecule has 0 spiro atoms. The van der Waals surface area contributed by atoms with Gasteiger partial charge in [-0.3, -0.25) is 14.9 Å². The molecule has 1 aromatic rings. The number of benzene rings is 1. The number of nitro groups is 1. The van der Waals surface area contributed by atoms with Crippen LogP contribution in [0.1, 0.15) is 13.3 Å². The second-order valence-corrected chi connectivity index (χ2v) is 4.19. The van der Waals surface area contributed by atoms with Crippen molar-refractivity contribution < 1.29 is 19.2 Å². The lowest BCUT2D eigenvalue weighted by Gasteiger charge is -2.07. The molecular weight excluding hydrogens is 294 g/mol. The van der Waals surface area contributed by atoms with Crippen LogP contribution in [0.15, 0.2) is 23.3 Å². The highest BCUT2D eigenvalue weighted by Gasteiger charge is 2.17. The third-order valence-corrected chi connectivity index (χ3v) is 2.45. The summed E-state index contributed by atoms with van der Waals surface area (Å²) in [4.78, 5) is 32.6. The van der Waals surface area contributed by atoms with Crippen LogP contribution in [0.3, 0.4) is 0 Å². The molecule has 0 saturated carbocycles. The van der Waals surface area contributed by atoms with Crippen molar-refractivity contribution in [2.45, 2.75) is 13.3 Å². The highest BCUT2D eigenvalue weighted by atomic mass is 16.6. The van der Waals surface area contributed by atoms with E-state index < -0.39 is 16.9 Å². The maximum atomic E-state index is 11.8. The monoisotopic (exact) mass is 309 g/mol. The third kappa shape index (κ3) is 5.07. The van der Waals surface area contributed by atoms with Crippen molar-refractivity contribution in [1.82, 2.24) is 5.43 Å². The number of hydrogen-bond donors (Lipinski definition) is 3. The summed E-state index contributed by atoms with van der Waals surface area (Å²) in [7, 11) is 1.38. The smallest absolute Gasteiger partial charge is 0.332 e. The van der Waals surface area contributed by atoms with Crippen molar-refractivity contribution in [2.24, 2.45) is 10.8 Å². The quantitative estimate of drug-likeness (QED) is 0.406. The zero-order valence-corrected chi connectivity index (χ0v) is 12.0. The molecule has 118 valence electrons. The summed E-state index contributed by atoms with van der Waals surface area (Å²) < 4.78 is 4.90. The van der Waals surface area contributed by atoms with Crippen molar-refractivity contribution in [3.8, 4) is 5.75 Å². The zero-order chi connectivity index (χ0) is 16.7. The molecular formula is C12H15N5O5. The van der Waals surface area contributed by atoms with E-state index in [1.54, 1.807) is 0 Å². The topological polar surface area (TPSA) is 149 Å². The van der Waals surface area contributed by atoms with Crippen LogP contribution in [0.4, 0.5) is 16.2 Å². The maximum absolute atomic E-state index is 11.8. The van der Waals surface area contributed by atoms with Crippen molar-refractivity contribution in [1.29, 1.82) is 0 Å². The minimum atomic E-state index is -0.856. The molecule has 10 heteroatoms. The van der Waals surface area contributed by atoms with Gasteiger partial charge >= 0.3 is 6.03 Å². The van der Waals surface area contributed by atoms with Crippen molar-refractivity contribution >= 4 is 29.0 Å². The van der Waals surface area contributed by atoms with E-state index in [2.05, 4.69) is 10.4 Å². The van der Waals surface area contributed by atoms with Crippen LogP contribution in [0.5, 0.6) is 5.75 Å². The minimum Gasteiger partial charge on any atom is -0.496 e. The van der Waals surface area contributed by atoms with Gasteiger partial charge in [0.25, 0.3) is 5.69 Å². The van der Waals surface area contributed by atoms with Gasteiger partial charge in [-0.25, -0.2) is 10.2 Å². The first-order chi connectivity index (χ1) is 10.3. The first-order valence-electron chi connectivity index (χ1n) is 6.04. The van der Waals surface area contributed by atoms with Gasteiger partial charge in [-0.2, -0.15) is 5.10 Å². The molecule has 1 rings (SSSR count). The second-order valence-electron chi connectivity index (χ2n) is 4.19. The fraction of sp³-hybridized carbons (Fsp3) is 0.250. The molecule has 0 aliphatic rings. The summed E-state index contributed by atoms with van der Waals surface area (Å²) in [5.74, 6) is -0.228. The number of amides is 3. The van der Waals surface area contributed by atoms with Gasteiger partial charge in [0.1, 0.15) is 11.4 Å². The van der Waals surface area contributed by atoms with Gasteiger partial charge < -0.3 is 15.8 Å². The predicted molar refractivity (Wildman–Crippen MR) is 78.7 cm³/mol. The number of ether oxygens (including phenoxy) is 1. The standard InChI is InChI=1S/C12H15N5O5/c1-7(15-16-12(13)19)5-11(18)14-9-4-3-8(22-2)6-10(9)17(20)21/h3-4,6H,5H2,1-2H3,(H,14,18)(H3,13,16,19)/b15-7-. The number of methoxy groups -OCH3 is 1. The van der Waals surface area contributed by atoms with Gasteiger partial charge in [-0.15, -0.1) is 0 Å². The van der Waals surface area contributed by atoms with Gasteiger partial charge in [0, 0.05) is 5.71 Å². The Balaban J connectivity index is 2.82. The fourth-order valence-electron chi connectivity index (χ4n) is 1.51. The van der Waals surface area contributed by atoms with Gasteiger partial charge in [0.05, 0.1) is 24.5 Å². The first kappa shape index (κ1) is 16.9. The van der Waals surface area contributed by atoms with Crippen LogP contribution in [0.2, 0.25) is 0 Å². The molecule has 3 amide bonds. The molecule has 0 saturated heterocycles. The molecule has 0 atom stereocenters. The molecule has 4 N–H and O–H groups in total. The van der Waals surface area contributed by atoms with Gasteiger partial charge in [-0.05, 0) is 19.1 Å². The number of nitro benzene ring substituents is 1. The Hall–Kier alpha value is -3.17. The molecule has 0 radical (unpaired) electrons. The Labute approximate surface area is 125 Å². The summed E-state index contributed by atoms with van der Waals surface area (Å²) in [6, 6.07) is 3.19. The molecule has 0 unspecified atom stereocenters. The fourth-order valence-corrected chi connectivity index (χ4v) is 1.51. The van der Waals surface area contributed by atoms with Crippen molar-refractivity contribution in [3.05, 3.63) is 28.3 Å². The van der Waals surface area contributed by atoms with Crippen molar-refractivity contribution in [2.75, 3.05) is 12.4 Å². The predicted octanol–water partition coefficient (Wildman–Crippen LogP) is 0.976. The second kappa shape index (κ2) is 7.57. The Morgan fingerprint density at radius 2 is 2.14 bits per heavy atom. The Bertz CT molecular complexity index is 628. The minimum absolute atomic E-state index is 0.0338. The highest BCUT2D eigenvalue weighted by Crippen LogP contribution is 2.28. The highest BCUT2D eigenvalue weighted by molar-refractivity contribution is 6.06. The summed E-state index contributed by atoms with van der Waals surface area (Å²) >= 11 is 0. The van der Waals surface area contributed by atoms with E-state index >= 15 is 0 Å². The normalized spacial score (nSPS) is 10.7. The van der Waals surface area contributed by atoms with Gasteiger partial charge in [-0.1, -0.05) is 0 Å². The number of hydrazone groups is 1. The number of nitrogens with two attached hydrogens (primary N) is 1. The molecule has 10 nitrogen and oxygen atoms in total. The average molecular weight is 309 g/mol. The lowest BCUT2D eigenvalue weighted by Crippen LogP contribution is -2.26. The van der Waals surface area contributed by atoms with Gasteiger partial charge in [0.15, 0.2) is 0 Å². The summed E-state index contributed by atoms with van der Waals surface area (Å²) in [5, 5.41) is 17.0. The number of carbonyl (C=O) groups is 2. The van der Waals surface area contributed by atoms with Crippen LogP contribution < -0.4 is 21.2 Å². The molecule has 22 heavy (non-hydrogen) atoms. The average Bonchev–Trinajstić information content (AvgIpc) is 2.45. The summed E-state index contributed by atoms with van der Waals surface area (Å²) in [5.41, 5.74) is 6.84. The molecule has 0 aliphatic heterocycles. The number of anilines is 1. The van der Waals surface area contributed by atoms with Gasteiger partial charge in [0.2, 0.25) is 5.91 Å². The lowest BCUT2D eigenvalue weighted by atomic mass is 10.2. The first-order valence-corrected chi connectivity index (χ1v) is 6.04. The van der Waals surface area contributed by atoms with Crippen LogP contribution in [0, 0.1) is 10.1 Å². The number of nitrogens with zero attached hydrogens (tertiary/aromatic N) is 2. The zero-order valence-electron chi connectivity index (χ0n) is 12.0. The molecule has 0 aromatic heterocycles. The van der Waals surface area contributed by atoms with E-state index in [4.69, 9.17) is 10.5 Å². The van der Waals surface area contributed by atoms with Crippen LogP contribution >= 0.6 is 0 Å². The summed E-state index contributed by atoms with van der Waals surface area (Å²) in [6.07, 6.45) is -0.163. The molecule has 0 aliphatic carbocycles. The SMILES string of the molecule is COc1ccc(NC(=O)C/C(C)=N\NC(N)=O)c([N+](=O)[O-])c1. The number of nitrogens with one attached hydrogen (secondary N) is 2. The number of primary amides is 1. The van der Waals surface area contributed by atoms with E-state index in [0.29, 0.717) is 5.75 Å². The van der Waals surface area contributed by atoms with E-state index in [0.717, 1.165) is 0 Å². The Morgan fingerprint density at radius 3 is 2.68 bits per heavy atom. The van der Waals surface area contributed by atoms with E-state index in [1.165, 1.54) is 32.2 Å². The summed E-state index contributed by atoms with van der Waals surface area (Å²) in [6.45, 7) is 1.50. The van der Waals surface area contributed by atoms with Crippen LogP contribution in [-0.2, 0) is 4.79 Å². The third-order valence-electron chi connectivity index (χ3n) is 2.45. The largest absolute Gasteiger partial charge is 0.496 e. The number of carbonyl (C=O) groups excluding carboxylic acids is 2.